The molecular formula is C43H28NO2P. The second-order valence-electron chi connectivity index (χ2n) is 11.8. The number of nitrogens with zero attached hydrogens (tertiary/aromatic N) is 1. The fraction of sp³-hybridized carbons (Fsp3) is 0. The number of benzene rings is 7. The fourth-order valence-electron chi connectivity index (χ4n) is 7.00. The van der Waals surface area contributed by atoms with Crippen LogP contribution in [0.4, 0.5) is 0 Å². The summed E-state index contributed by atoms with van der Waals surface area (Å²) in [6, 6.07) is 57.1. The highest BCUT2D eigenvalue weighted by molar-refractivity contribution is 7.85. The summed E-state index contributed by atoms with van der Waals surface area (Å²) in [4.78, 5) is 5.22. The predicted molar refractivity (Wildman–Crippen MR) is 197 cm³/mol. The molecule has 4 heteroatoms. The highest BCUT2D eigenvalue weighted by Gasteiger charge is 2.30. The first-order valence-corrected chi connectivity index (χ1v) is 17.5. The van der Waals surface area contributed by atoms with Gasteiger partial charge in [-0.15, -0.1) is 0 Å². The first-order valence-electron chi connectivity index (χ1n) is 15.7. The van der Waals surface area contributed by atoms with Crippen molar-refractivity contribution in [2.45, 2.75) is 0 Å². The van der Waals surface area contributed by atoms with Crippen LogP contribution in [0.15, 0.2) is 174 Å². The lowest BCUT2D eigenvalue weighted by Crippen LogP contribution is -2.25. The molecule has 7 aromatic carbocycles. The second kappa shape index (κ2) is 10.9. The van der Waals surface area contributed by atoms with Crippen LogP contribution in [0.25, 0.3) is 66.0 Å². The zero-order valence-corrected chi connectivity index (χ0v) is 26.3. The molecule has 0 radical (unpaired) electrons. The number of hydrogen-bond acceptors (Lipinski definition) is 3. The average molecular weight is 622 g/mol. The first-order chi connectivity index (χ1) is 23.2. The highest BCUT2D eigenvalue weighted by Crippen LogP contribution is 2.48. The van der Waals surface area contributed by atoms with Crippen molar-refractivity contribution in [1.29, 1.82) is 0 Å². The van der Waals surface area contributed by atoms with Crippen LogP contribution in [-0.2, 0) is 4.57 Å². The zero-order valence-electron chi connectivity index (χ0n) is 25.4. The third kappa shape index (κ3) is 4.35. The van der Waals surface area contributed by atoms with Gasteiger partial charge in [-0.1, -0.05) is 146 Å². The van der Waals surface area contributed by atoms with Crippen molar-refractivity contribution in [3.8, 4) is 22.4 Å². The minimum Gasteiger partial charge on any atom is -0.456 e. The zero-order chi connectivity index (χ0) is 31.4. The number of rotatable bonds is 5. The van der Waals surface area contributed by atoms with E-state index in [1.54, 1.807) is 0 Å². The molecule has 0 atom stereocenters. The minimum atomic E-state index is -3.22. The van der Waals surface area contributed by atoms with E-state index in [-0.39, 0.29) is 0 Å². The van der Waals surface area contributed by atoms with Crippen molar-refractivity contribution in [2.75, 3.05) is 0 Å². The van der Waals surface area contributed by atoms with E-state index in [1.165, 1.54) is 0 Å². The van der Waals surface area contributed by atoms with Crippen molar-refractivity contribution < 1.29 is 8.98 Å². The van der Waals surface area contributed by atoms with Gasteiger partial charge in [-0.2, -0.15) is 0 Å². The number of para-hydroxylation sites is 2. The maximum atomic E-state index is 15.5. The maximum Gasteiger partial charge on any atom is 0.171 e. The minimum absolute atomic E-state index is 0.784. The Labute approximate surface area is 272 Å². The van der Waals surface area contributed by atoms with Gasteiger partial charge >= 0.3 is 0 Å². The van der Waals surface area contributed by atoms with Crippen LogP contribution >= 0.6 is 7.14 Å². The molecule has 0 unspecified atom stereocenters. The number of pyridine rings is 1. The van der Waals surface area contributed by atoms with Crippen LogP contribution in [0.5, 0.6) is 0 Å². The lowest BCUT2D eigenvalue weighted by atomic mass is 9.89. The average Bonchev–Trinajstić information content (AvgIpc) is 3.52. The number of furan rings is 1. The summed E-state index contributed by atoms with van der Waals surface area (Å²) in [5.74, 6) is 0. The largest absolute Gasteiger partial charge is 0.456 e. The van der Waals surface area contributed by atoms with Gasteiger partial charge in [0.05, 0.1) is 11.2 Å². The Morgan fingerprint density at radius 3 is 1.74 bits per heavy atom. The molecule has 2 heterocycles. The maximum absolute atomic E-state index is 15.5. The van der Waals surface area contributed by atoms with Crippen molar-refractivity contribution >= 4 is 66.7 Å². The van der Waals surface area contributed by atoms with Crippen molar-refractivity contribution in [2.24, 2.45) is 0 Å². The molecule has 47 heavy (non-hydrogen) atoms. The third-order valence-electron chi connectivity index (χ3n) is 9.11. The first kappa shape index (κ1) is 27.5. The van der Waals surface area contributed by atoms with Gasteiger partial charge in [0.1, 0.15) is 11.2 Å². The van der Waals surface area contributed by atoms with Gasteiger partial charge in [0.15, 0.2) is 7.14 Å². The topological polar surface area (TPSA) is 43.1 Å². The van der Waals surface area contributed by atoms with E-state index in [1.807, 2.05) is 109 Å². The Kier molecular flexibility index (Phi) is 6.41. The molecule has 222 valence electrons. The molecule has 0 bridgehead atoms. The second-order valence-corrected chi connectivity index (χ2v) is 14.6. The van der Waals surface area contributed by atoms with Gasteiger partial charge < -0.3 is 8.98 Å². The van der Waals surface area contributed by atoms with Gasteiger partial charge in [0.2, 0.25) is 0 Å². The van der Waals surface area contributed by atoms with Crippen molar-refractivity contribution in [3.05, 3.63) is 170 Å². The molecule has 9 aromatic rings. The lowest BCUT2D eigenvalue weighted by molar-refractivity contribution is 0.592. The molecule has 0 spiro atoms. The summed E-state index contributed by atoms with van der Waals surface area (Å²) in [6.07, 6.45) is 0. The van der Waals surface area contributed by atoms with E-state index in [4.69, 9.17) is 9.40 Å². The van der Waals surface area contributed by atoms with Gasteiger partial charge in [-0.25, -0.2) is 4.98 Å². The van der Waals surface area contributed by atoms with E-state index >= 15 is 4.57 Å². The molecule has 0 N–H and O–H groups in total. The summed E-state index contributed by atoms with van der Waals surface area (Å²) < 4.78 is 22.1. The summed E-state index contributed by atoms with van der Waals surface area (Å²) in [5.41, 5.74) is 6.51. The van der Waals surface area contributed by atoms with E-state index in [0.717, 1.165) is 81.9 Å². The molecule has 0 aliphatic heterocycles. The van der Waals surface area contributed by atoms with Gasteiger partial charge in [0, 0.05) is 54.0 Å². The molecule has 0 saturated carbocycles. The van der Waals surface area contributed by atoms with E-state index in [9.17, 15) is 0 Å². The molecule has 9 rings (SSSR count). The Balaban J connectivity index is 1.44. The molecule has 2 aromatic heterocycles. The van der Waals surface area contributed by atoms with Crippen LogP contribution < -0.4 is 15.9 Å². The standard InChI is InChI=1S/C43H28NO2P/c45-47(31-18-6-2-7-19-31,32-20-8-3-9-21-32)33-22-14-17-30(27-33)40-41-34-23-10-12-25-37(34)44-43(29-15-4-1-5-16-29)36(41)28-39-42(40)35-24-11-13-26-38(35)46-39/h1-28H. The molecule has 0 amide bonds. The number of fused-ring (bicyclic) bond motifs is 6. The van der Waals surface area contributed by atoms with Crippen LogP contribution in [0.1, 0.15) is 0 Å². The Morgan fingerprint density at radius 2 is 1.02 bits per heavy atom. The molecule has 3 nitrogen and oxygen atoms in total. The molecule has 0 fully saturated rings. The van der Waals surface area contributed by atoms with E-state index < -0.39 is 7.14 Å². The SMILES string of the molecule is O=P(c1ccccc1)(c1ccccc1)c1cccc(-c2c3c(cc4c(-c5ccccc5)nc5ccccc5c24)oc2ccccc23)c1. The van der Waals surface area contributed by atoms with Gasteiger partial charge in [0.25, 0.3) is 0 Å². The Hall–Kier alpha value is -5.76. The third-order valence-corrected chi connectivity index (χ3v) is 12.2. The number of hydrogen-bond donors (Lipinski definition) is 0. The quantitative estimate of drug-likeness (QED) is 0.142. The highest BCUT2D eigenvalue weighted by atomic mass is 31.2. The molecule has 0 aliphatic carbocycles. The predicted octanol–water partition coefficient (Wildman–Crippen LogP) is 10.3. The van der Waals surface area contributed by atoms with Crippen molar-refractivity contribution in [1.82, 2.24) is 4.98 Å². The smallest absolute Gasteiger partial charge is 0.171 e. The normalized spacial score (nSPS) is 11.9. The lowest BCUT2D eigenvalue weighted by Gasteiger charge is -2.21. The summed E-state index contributed by atoms with van der Waals surface area (Å²) >= 11 is 0. The summed E-state index contributed by atoms with van der Waals surface area (Å²) in [5, 5.41) is 7.64. The van der Waals surface area contributed by atoms with Gasteiger partial charge in [-0.3, -0.25) is 0 Å². The number of aromatic nitrogens is 1. The van der Waals surface area contributed by atoms with Crippen LogP contribution in [-0.4, -0.2) is 4.98 Å². The van der Waals surface area contributed by atoms with Crippen LogP contribution in [0.3, 0.4) is 0 Å². The summed E-state index contributed by atoms with van der Waals surface area (Å²) in [7, 11) is -3.22. The molecule has 0 saturated heterocycles. The fourth-order valence-corrected chi connectivity index (χ4v) is 9.70. The van der Waals surface area contributed by atoms with E-state index in [2.05, 4.69) is 60.7 Å². The van der Waals surface area contributed by atoms with Crippen LogP contribution in [0, 0.1) is 0 Å². The van der Waals surface area contributed by atoms with Crippen LogP contribution in [0.2, 0.25) is 0 Å². The Morgan fingerprint density at radius 1 is 0.447 bits per heavy atom. The molecule has 0 aliphatic rings. The summed E-state index contributed by atoms with van der Waals surface area (Å²) in [6.45, 7) is 0. The van der Waals surface area contributed by atoms with Gasteiger partial charge in [-0.05, 0) is 29.8 Å². The van der Waals surface area contributed by atoms with E-state index in [0.29, 0.717) is 0 Å². The van der Waals surface area contributed by atoms with Crippen molar-refractivity contribution in [3.63, 3.8) is 0 Å². The Bertz CT molecular complexity index is 2600. The molecular weight excluding hydrogens is 593 g/mol. The monoisotopic (exact) mass is 621 g/mol.